The lowest BCUT2D eigenvalue weighted by Crippen LogP contribution is -2.51. The second-order valence-corrected chi connectivity index (χ2v) is 4.39. The Bertz CT molecular complexity index is 414. The first-order valence-electron chi connectivity index (χ1n) is 5.75. The Morgan fingerprint density at radius 2 is 1.89 bits per heavy atom. The number of hydrogen-bond acceptors (Lipinski definition) is 2. The van der Waals surface area contributed by atoms with E-state index in [2.05, 4.69) is 0 Å². The molecule has 1 aliphatic heterocycles. The Labute approximate surface area is 104 Å². The van der Waals surface area contributed by atoms with E-state index in [1.807, 2.05) is 11.9 Å². The third-order valence-electron chi connectivity index (χ3n) is 2.91. The summed E-state index contributed by atoms with van der Waals surface area (Å²) in [6.07, 6.45) is -0.981. The van der Waals surface area contributed by atoms with Gasteiger partial charge >= 0.3 is 6.30 Å². The second-order valence-electron chi connectivity index (χ2n) is 4.39. The number of likely N-dealkylation sites (N-methyl/N-ethyl adjacent to an activating group) is 1. The molecule has 5 heteroatoms. The standard InChI is InChI=1S/C13H15F3N2/c1-17-9-5-8-12(10-17)18(13(14,15)16)11-6-3-2-4-7-11/h2-8,12H,9-10H2,1H3. The third-order valence-corrected chi connectivity index (χ3v) is 2.91. The SMILES string of the molecule is CN1CC=CC(N(c2ccccc2)C(F)(F)F)C1. The van der Waals surface area contributed by atoms with Crippen LogP contribution in [0.15, 0.2) is 42.5 Å². The van der Waals surface area contributed by atoms with Crippen molar-refractivity contribution >= 4 is 5.69 Å². The summed E-state index contributed by atoms with van der Waals surface area (Å²) >= 11 is 0. The topological polar surface area (TPSA) is 6.48 Å². The van der Waals surface area contributed by atoms with E-state index < -0.39 is 12.3 Å². The molecule has 1 atom stereocenters. The van der Waals surface area contributed by atoms with Crippen LogP contribution in [-0.4, -0.2) is 37.4 Å². The lowest BCUT2D eigenvalue weighted by Gasteiger charge is -2.37. The van der Waals surface area contributed by atoms with E-state index in [1.54, 1.807) is 30.4 Å². The number of alkyl halides is 3. The summed E-state index contributed by atoms with van der Waals surface area (Å²) in [6, 6.07) is 7.23. The molecule has 0 radical (unpaired) electrons. The number of anilines is 1. The van der Waals surface area contributed by atoms with Gasteiger partial charge in [0.15, 0.2) is 0 Å². The Hall–Kier alpha value is -1.49. The highest BCUT2D eigenvalue weighted by Crippen LogP contribution is 2.31. The Kier molecular flexibility index (Phi) is 3.61. The molecule has 0 saturated heterocycles. The van der Waals surface area contributed by atoms with Gasteiger partial charge in [-0.15, -0.1) is 0 Å². The van der Waals surface area contributed by atoms with Crippen molar-refractivity contribution in [2.45, 2.75) is 12.3 Å². The molecule has 0 N–H and O–H groups in total. The first-order valence-corrected chi connectivity index (χ1v) is 5.75. The van der Waals surface area contributed by atoms with Crippen molar-refractivity contribution in [3.8, 4) is 0 Å². The summed E-state index contributed by atoms with van der Waals surface area (Å²) in [5.41, 5.74) is 0.176. The van der Waals surface area contributed by atoms with E-state index >= 15 is 0 Å². The highest BCUT2D eigenvalue weighted by Gasteiger charge is 2.42. The van der Waals surface area contributed by atoms with E-state index in [1.165, 1.54) is 12.1 Å². The third kappa shape index (κ3) is 2.85. The summed E-state index contributed by atoms with van der Waals surface area (Å²) in [5, 5.41) is 0. The molecule has 0 fully saturated rings. The number of para-hydroxylation sites is 1. The van der Waals surface area contributed by atoms with Crippen molar-refractivity contribution in [1.82, 2.24) is 4.90 Å². The van der Waals surface area contributed by atoms with Crippen LogP contribution in [0.3, 0.4) is 0 Å². The average molecular weight is 256 g/mol. The maximum atomic E-state index is 13.2. The molecule has 1 aromatic carbocycles. The van der Waals surface area contributed by atoms with Gasteiger partial charge in [0.2, 0.25) is 0 Å². The molecule has 98 valence electrons. The monoisotopic (exact) mass is 256 g/mol. The van der Waals surface area contributed by atoms with Crippen molar-refractivity contribution in [3.63, 3.8) is 0 Å². The number of rotatable bonds is 2. The molecule has 0 aliphatic carbocycles. The van der Waals surface area contributed by atoms with Gasteiger partial charge in [-0.3, -0.25) is 4.90 Å². The van der Waals surface area contributed by atoms with Gasteiger partial charge in [-0.25, -0.2) is 0 Å². The zero-order chi connectivity index (χ0) is 13.2. The van der Waals surface area contributed by atoms with Gasteiger partial charge in [-0.2, -0.15) is 13.2 Å². The van der Waals surface area contributed by atoms with Crippen molar-refractivity contribution < 1.29 is 13.2 Å². The van der Waals surface area contributed by atoms with Gasteiger partial charge < -0.3 is 4.90 Å². The van der Waals surface area contributed by atoms with Crippen molar-refractivity contribution in [2.75, 3.05) is 25.0 Å². The fraction of sp³-hybridized carbons (Fsp3) is 0.385. The van der Waals surface area contributed by atoms with Crippen LogP contribution in [0.2, 0.25) is 0 Å². The van der Waals surface area contributed by atoms with E-state index in [0.29, 0.717) is 18.0 Å². The van der Waals surface area contributed by atoms with E-state index in [0.717, 1.165) is 0 Å². The highest BCUT2D eigenvalue weighted by atomic mass is 19.4. The lowest BCUT2D eigenvalue weighted by molar-refractivity contribution is -0.133. The number of nitrogens with zero attached hydrogens (tertiary/aromatic N) is 2. The molecular formula is C13H15F3N2. The molecule has 2 rings (SSSR count). The maximum absolute atomic E-state index is 13.2. The van der Waals surface area contributed by atoms with Crippen LogP contribution in [0, 0.1) is 0 Å². The van der Waals surface area contributed by atoms with Crippen molar-refractivity contribution in [2.24, 2.45) is 0 Å². The van der Waals surface area contributed by atoms with Gasteiger partial charge in [-0.05, 0) is 19.2 Å². The van der Waals surface area contributed by atoms with E-state index in [9.17, 15) is 13.2 Å². The first-order chi connectivity index (χ1) is 8.48. The molecule has 1 aliphatic rings. The molecule has 0 saturated carbocycles. The number of hydrogen-bond donors (Lipinski definition) is 0. The maximum Gasteiger partial charge on any atom is 0.485 e. The van der Waals surface area contributed by atoms with Crippen LogP contribution < -0.4 is 4.90 Å². The number of halogens is 3. The summed E-state index contributed by atoms with van der Waals surface area (Å²) < 4.78 is 39.6. The fourth-order valence-corrected chi connectivity index (χ4v) is 2.13. The second kappa shape index (κ2) is 5.02. The minimum atomic E-state index is -4.38. The summed E-state index contributed by atoms with van der Waals surface area (Å²) in [6.45, 7) is 1.06. The predicted octanol–water partition coefficient (Wildman–Crippen LogP) is 2.88. The summed E-state index contributed by atoms with van der Waals surface area (Å²) in [5.74, 6) is 0. The van der Waals surface area contributed by atoms with Crippen LogP contribution in [0.1, 0.15) is 0 Å². The Morgan fingerprint density at radius 3 is 2.44 bits per heavy atom. The minimum absolute atomic E-state index is 0.176. The normalized spacial score (nSPS) is 21.0. The lowest BCUT2D eigenvalue weighted by atomic mass is 10.1. The van der Waals surface area contributed by atoms with Crippen LogP contribution in [0.25, 0.3) is 0 Å². The number of benzene rings is 1. The van der Waals surface area contributed by atoms with Gasteiger partial charge in [0.05, 0.1) is 6.04 Å². The van der Waals surface area contributed by atoms with Gasteiger partial charge in [0.1, 0.15) is 0 Å². The highest BCUT2D eigenvalue weighted by molar-refractivity contribution is 5.49. The van der Waals surface area contributed by atoms with Gasteiger partial charge in [-0.1, -0.05) is 30.4 Å². The van der Waals surface area contributed by atoms with Crippen LogP contribution in [0.5, 0.6) is 0 Å². The zero-order valence-corrected chi connectivity index (χ0v) is 10.1. The van der Waals surface area contributed by atoms with Gasteiger partial charge in [0.25, 0.3) is 0 Å². The van der Waals surface area contributed by atoms with E-state index in [4.69, 9.17) is 0 Å². The zero-order valence-electron chi connectivity index (χ0n) is 10.1. The molecule has 0 aromatic heterocycles. The quantitative estimate of drug-likeness (QED) is 0.593. The summed E-state index contributed by atoms with van der Waals surface area (Å²) in [4.78, 5) is 2.38. The Morgan fingerprint density at radius 1 is 1.22 bits per heavy atom. The van der Waals surface area contributed by atoms with Crippen LogP contribution in [-0.2, 0) is 0 Å². The molecular weight excluding hydrogens is 241 g/mol. The minimum Gasteiger partial charge on any atom is -0.300 e. The first kappa shape index (κ1) is 13.0. The summed E-state index contributed by atoms with van der Waals surface area (Å²) in [7, 11) is 1.82. The fourth-order valence-electron chi connectivity index (χ4n) is 2.13. The Balaban J connectivity index is 2.32. The average Bonchev–Trinajstić information content (AvgIpc) is 2.28. The molecule has 1 aromatic rings. The van der Waals surface area contributed by atoms with Gasteiger partial charge in [0, 0.05) is 18.8 Å². The van der Waals surface area contributed by atoms with E-state index in [-0.39, 0.29) is 5.69 Å². The van der Waals surface area contributed by atoms with Crippen LogP contribution in [0.4, 0.5) is 18.9 Å². The largest absolute Gasteiger partial charge is 0.485 e. The van der Waals surface area contributed by atoms with Crippen LogP contribution >= 0.6 is 0 Å². The molecule has 1 heterocycles. The smallest absolute Gasteiger partial charge is 0.300 e. The molecule has 1 unspecified atom stereocenters. The van der Waals surface area contributed by atoms with Crippen molar-refractivity contribution in [1.29, 1.82) is 0 Å². The molecule has 0 amide bonds. The molecule has 2 nitrogen and oxygen atoms in total. The molecule has 0 bridgehead atoms. The van der Waals surface area contributed by atoms with Crippen molar-refractivity contribution in [3.05, 3.63) is 42.5 Å². The molecule has 0 spiro atoms. The predicted molar refractivity (Wildman–Crippen MR) is 65.4 cm³/mol. The molecule has 18 heavy (non-hydrogen) atoms.